The van der Waals surface area contributed by atoms with E-state index in [1.54, 1.807) is 12.4 Å². The predicted octanol–water partition coefficient (Wildman–Crippen LogP) is 1.68. The smallest absolute Gasteiger partial charge is 0.224 e. The van der Waals surface area contributed by atoms with Crippen molar-refractivity contribution in [2.45, 2.75) is 38.6 Å². The van der Waals surface area contributed by atoms with Crippen molar-refractivity contribution in [1.29, 1.82) is 0 Å². The quantitative estimate of drug-likeness (QED) is 0.793. The molecular formula is C13H22ClN3O. The van der Waals surface area contributed by atoms with Crippen LogP contribution in [-0.2, 0) is 11.2 Å². The molecule has 102 valence electrons. The summed E-state index contributed by atoms with van der Waals surface area (Å²) in [7, 11) is 0. The molecule has 1 unspecified atom stereocenters. The van der Waals surface area contributed by atoms with E-state index in [4.69, 9.17) is 5.73 Å². The van der Waals surface area contributed by atoms with Crippen LogP contribution in [0.2, 0.25) is 0 Å². The lowest BCUT2D eigenvalue weighted by Crippen LogP contribution is -2.40. The molecule has 1 aromatic rings. The van der Waals surface area contributed by atoms with E-state index in [0.717, 1.165) is 24.8 Å². The summed E-state index contributed by atoms with van der Waals surface area (Å²) >= 11 is 0. The lowest BCUT2D eigenvalue weighted by molar-refractivity contribution is -0.121. The second-order valence-corrected chi connectivity index (χ2v) is 4.18. The Kier molecular flexibility index (Phi) is 9.24. The zero-order valence-corrected chi connectivity index (χ0v) is 11.6. The average molecular weight is 272 g/mol. The number of pyridine rings is 1. The highest BCUT2D eigenvalue weighted by molar-refractivity contribution is 5.85. The average Bonchev–Trinajstić information content (AvgIpc) is 2.35. The van der Waals surface area contributed by atoms with Gasteiger partial charge in [0.05, 0.1) is 6.42 Å². The van der Waals surface area contributed by atoms with Crippen LogP contribution in [0.3, 0.4) is 0 Å². The second-order valence-electron chi connectivity index (χ2n) is 4.18. The van der Waals surface area contributed by atoms with Gasteiger partial charge in [-0.25, -0.2) is 0 Å². The van der Waals surface area contributed by atoms with Crippen LogP contribution < -0.4 is 11.1 Å². The number of halogens is 1. The van der Waals surface area contributed by atoms with Crippen molar-refractivity contribution in [3.05, 3.63) is 30.1 Å². The minimum Gasteiger partial charge on any atom is -0.352 e. The number of amides is 1. The number of carbonyl (C=O) groups excluding carboxylic acids is 1. The van der Waals surface area contributed by atoms with E-state index in [2.05, 4.69) is 17.2 Å². The van der Waals surface area contributed by atoms with Gasteiger partial charge in [-0.15, -0.1) is 12.4 Å². The molecule has 18 heavy (non-hydrogen) atoms. The third-order valence-corrected chi connectivity index (χ3v) is 2.64. The zero-order valence-electron chi connectivity index (χ0n) is 10.8. The van der Waals surface area contributed by atoms with Crippen LogP contribution in [0, 0.1) is 0 Å². The Labute approximate surface area is 115 Å². The first-order valence-corrected chi connectivity index (χ1v) is 6.14. The topological polar surface area (TPSA) is 68.0 Å². The standard InChI is InChI=1S/C13H21N3O.ClH/c1-2-3-6-12(9-14)16-13(17)8-11-5-4-7-15-10-11;/h4-5,7,10,12H,2-3,6,8-9,14H2,1H3,(H,16,17);1H. The van der Waals surface area contributed by atoms with Crippen LogP contribution in [-0.4, -0.2) is 23.5 Å². The maximum Gasteiger partial charge on any atom is 0.224 e. The van der Waals surface area contributed by atoms with Gasteiger partial charge in [-0.1, -0.05) is 25.8 Å². The van der Waals surface area contributed by atoms with Crippen molar-refractivity contribution in [2.24, 2.45) is 5.73 Å². The number of unbranched alkanes of at least 4 members (excludes halogenated alkanes) is 1. The molecular weight excluding hydrogens is 250 g/mol. The van der Waals surface area contributed by atoms with E-state index < -0.39 is 0 Å². The van der Waals surface area contributed by atoms with Crippen molar-refractivity contribution >= 4 is 18.3 Å². The molecule has 0 bridgehead atoms. The number of nitrogens with one attached hydrogen (secondary N) is 1. The lowest BCUT2D eigenvalue weighted by Gasteiger charge is -2.16. The Morgan fingerprint density at radius 3 is 2.89 bits per heavy atom. The molecule has 1 heterocycles. The van der Waals surface area contributed by atoms with E-state index in [9.17, 15) is 4.79 Å². The molecule has 3 N–H and O–H groups in total. The summed E-state index contributed by atoms with van der Waals surface area (Å²) in [5.74, 6) is 0.0181. The van der Waals surface area contributed by atoms with Crippen molar-refractivity contribution in [1.82, 2.24) is 10.3 Å². The molecule has 0 spiro atoms. The number of nitrogens with two attached hydrogens (primary N) is 1. The minimum atomic E-state index is 0. The summed E-state index contributed by atoms with van der Waals surface area (Å²) < 4.78 is 0. The molecule has 1 amide bonds. The molecule has 0 saturated heterocycles. The third kappa shape index (κ3) is 6.57. The molecule has 0 aromatic carbocycles. The molecule has 0 aliphatic heterocycles. The predicted molar refractivity (Wildman–Crippen MR) is 75.7 cm³/mol. The van der Waals surface area contributed by atoms with Crippen molar-refractivity contribution in [3.63, 3.8) is 0 Å². The van der Waals surface area contributed by atoms with Crippen LogP contribution in [0.15, 0.2) is 24.5 Å². The maximum atomic E-state index is 11.8. The van der Waals surface area contributed by atoms with Gasteiger partial charge in [0.25, 0.3) is 0 Å². The first-order chi connectivity index (χ1) is 8.26. The minimum absolute atomic E-state index is 0. The first-order valence-electron chi connectivity index (χ1n) is 6.14. The molecule has 0 fully saturated rings. The van der Waals surface area contributed by atoms with Gasteiger partial charge in [0, 0.05) is 25.0 Å². The Balaban J connectivity index is 0.00000289. The van der Waals surface area contributed by atoms with Gasteiger partial charge >= 0.3 is 0 Å². The second kappa shape index (κ2) is 9.85. The highest BCUT2D eigenvalue weighted by Crippen LogP contribution is 2.01. The third-order valence-electron chi connectivity index (χ3n) is 2.64. The van der Waals surface area contributed by atoms with Crippen molar-refractivity contribution in [3.8, 4) is 0 Å². The van der Waals surface area contributed by atoms with E-state index >= 15 is 0 Å². The molecule has 4 nitrogen and oxygen atoms in total. The van der Waals surface area contributed by atoms with Gasteiger partial charge < -0.3 is 11.1 Å². The molecule has 1 atom stereocenters. The van der Waals surface area contributed by atoms with Crippen LogP contribution in [0.25, 0.3) is 0 Å². The van der Waals surface area contributed by atoms with Gasteiger partial charge in [0.15, 0.2) is 0 Å². The Morgan fingerprint density at radius 2 is 2.33 bits per heavy atom. The largest absolute Gasteiger partial charge is 0.352 e. The molecule has 0 radical (unpaired) electrons. The fourth-order valence-electron chi connectivity index (χ4n) is 1.67. The number of nitrogens with zero attached hydrogens (tertiary/aromatic N) is 1. The van der Waals surface area contributed by atoms with Crippen LogP contribution in [0.5, 0.6) is 0 Å². The van der Waals surface area contributed by atoms with E-state index in [0.29, 0.717) is 13.0 Å². The summed E-state index contributed by atoms with van der Waals surface area (Å²) in [6, 6.07) is 3.83. The molecule has 1 aromatic heterocycles. The monoisotopic (exact) mass is 271 g/mol. The lowest BCUT2D eigenvalue weighted by atomic mass is 10.1. The molecule has 0 aliphatic carbocycles. The first kappa shape index (κ1) is 16.9. The summed E-state index contributed by atoms with van der Waals surface area (Å²) in [6.45, 7) is 2.63. The normalized spacial score (nSPS) is 11.4. The van der Waals surface area contributed by atoms with Gasteiger partial charge in [0.1, 0.15) is 0 Å². The zero-order chi connectivity index (χ0) is 12.5. The van der Waals surface area contributed by atoms with E-state index in [1.165, 1.54) is 0 Å². The molecule has 1 rings (SSSR count). The molecule has 5 heteroatoms. The van der Waals surface area contributed by atoms with Crippen LogP contribution >= 0.6 is 12.4 Å². The number of rotatable bonds is 7. The summed E-state index contributed by atoms with van der Waals surface area (Å²) in [5, 5.41) is 2.96. The number of carbonyl (C=O) groups is 1. The molecule has 0 aliphatic rings. The fourth-order valence-corrected chi connectivity index (χ4v) is 1.67. The number of hydrogen-bond acceptors (Lipinski definition) is 3. The maximum absolute atomic E-state index is 11.8. The Hall–Kier alpha value is -1.13. The summed E-state index contributed by atoms with van der Waals surface area (Å²) in [6.07, 6.45) is 6.95. The fraction of sp³-hybridized carbons (Fsp3) is 0.538. The van der Waals surface area contributed by atoms with Crippen molar-refractivity contribution < 1.29 is 4.79 Å². The van der Waals surface area contributed by atoms with E-state index in [1.807, 2.05) is 12.1 Å². The highest BCUT2D eigenvalue weighted by atomic mass is 35.5. The van der Waals surface area contributed by atoms with Crippen LogP contribution in [0.4, 0.5) is 0 Å². The Bertz CT molecular complexity index is 332. The van der Waals surface area contributed by atoms with Gasteiger partial charge in [-0.2, -0.15) is 0 Å². The van der Waals surface area contributed by atoms with Gasteiger partial charge in [-0.3, -0.25) is 9.78 Å². The summed E-state index contributed by atoms with van der Waals surface area (Å²) in [5.41, 5.74) is 6.56. The number of aromatic nitrogens is 1. The highest BCUT2D eigenvalue weighted by Gasteiger charge is 2.10. The summed E-state index contributed by atoms with van der Waals surface area (Å²) in [4.78, 5) is 15.7. The molecule has 0 saturated carbocycles. The van der Waals surface area contributed by atoms with Gasteiger partial charge in [-0.05, 0) is 18.1 Å². The van der Waals surface area contributed by atoms with Crippen LogP contribution in [0.1, 0.15) is 31.7 Å². The van der Waals surface area contributed by atoms with E-state index in [-0.39, 0.29) is 24.4 Å². The number of hydrogen-bond donors (Lipinski definition) is 2. The Morgan fingerprint density at radius 1 is 1.56 bits per heavy atom. The van der Waals surface area contributed by atoms with Crippen molar-refractivity contribution in [2.75, 3.05) is 6.54 Å². The SMILES string of the molecule is CCCCC(CN)NC(=O)Cc1cccnc1.Cl. The van der Waals surface area contributed by atoms with Gasteiger partial charge in [0.2, 0.25) is 5.91 Å².